The monoisotopic (exact) mass is 183 g/mol. The van der Waals surface area contributed by atoms with Crippen molar-refractivity contribution < 1.29 is 8.78 Å². The number of rotatable bonds is 1. The first-order valence-electron chi connectivity index (χ1n) is 3.51. The molecular formula is C8H7F2N3. The number of nitriles is 1. The number of pyridine rings is 1. The molecule has 0 aliphatic heterocycles. The Morgan fingerprint density at radius 1 is 1.62 bits per heavy atom. The maximum Gasteiger partial charge on any atom is 0.280 e. The van der Waals surface area contributed by atoms with Gasteiger partial charge in [-0.2, -0.15) is 5.26 Å². The van der Waals surface area contributed by atoms with Crippen LogP contribution in [0.15, 0.2) is 6.07 Å². The van der Waals surface area contributed by atoms with E-state index in [0.29, 0.717) is 0 Å². The van der Waals surface area contributed by atoms with Gasteiger partial charge < -0.3 is 5.73 Å². The Kier molecular flexibility index (Phi) is 2.42. The predicted octanol–water partition coefficient (Wildman–Crippen LogP) is 1.78. The largest absolute Gasteiger partial charge is 0.383 e. The quantitative estimate of drug-likeness (QED) is 0.721. The number of hydrogen-bond acceptors (Lipinski definition) is 3. The fourth-order valence-corrected chi connectivity index (χ4v) is 0.953. The van der Waals surface area contributed by atoms with Crippen molar-refractivity contribution in [2.24, 2.45) is 0 Å². The highest BCUT2D eigenvalue weighted by molar-refractivity contribution is 5.50. The van der Waals surface area contributed by atoms with E-state index in [9.17, 15) is 8.78 Å². The number of aryl methyl sites for hydroxylation is 1. The first-order valence-corrected chi connectivity index (χ1v) is 3.51. The van der Waals surface area contributed by atoms with Crippen molar-refractivity contribution in [2.75, 3.05) is 5.73 Å². The summed E-state index contributed by atoms with van der Waals surface area (Å²) in [4.78, 5) is 3.45. The molecule has 2 N–H and O–H groups in total. The van der Waals surface area contributed by atoms with E-state index in [4.69, 9.17) is 11.0 Å². The van der Waals surface area contributed by atoms with Crippen molar-refractivity contribution in [2.45, 2.75) is 13.3 Å². The number of alkyl halides is 2. The second-order valence-electron chi connectivity index (χ2n) is 2.54. The van der Waals surface area contributed by atoms with Crippen molar-refractivity contribution in [1.82, 2.24) is 4.98 Å². The van der Waals surface area contributed by atoms with Crippen LogP contribution in [0.3, 0.4) is 0 Å². The fourth-order valence-electron chi connectivity index (χ4n) is 0.953. The van der Waals surface area contributed by atoms with E-state index in [0.717, 1.165) is 0 Å². The summed E-state index contributed by atoms with van der Waals surface area (Å²) >= 11 is 0. The number of nitrogens with two attached hydrogens (primary N) is 1. The van der Waals surface area contributed by atoms with Crippen LogP contribution in [0.5, 0.6) is 0 Å². The average Bonchev–Trinajstić information content (AvgIpc) is 2.07. The van der Waals surface area contributed by atoms with Crippen LogP contribution in [0.2, 0.25) is 0 Å². The minimum absolute atomic E-state index is 0.127. The van der Waals surface area contributed by atoms with Gasteiger partial charge in [-0.3, -0.25) is 0 Å². The Bertz CT molecular complexity index is 368. The summed E-state index contributed by atoms with van der Waals surface area (Å²) in [5.74, 6) is -0.150. The highest BCUT2D eigenvalue weighted by Gasteiger charge is 2.14. The standard InChI is InChI=1S/C8H7F2N3/c1-4-2-5(3-11)8(12)13-6(4)7(9)10/h2,7H,1H3,(H2,12,13). The zero-order valence-corrected chi connectivity index (χ0v) is 6.88. The van der Waals surface area contributed by atoms with Crippen LogP contribution >= 0.6 is 0 Å². The topological polar surface area (TPSA) is 62.7 Å². The van der Waals surface area contributed by atoms with Gasteiger partial charge in [-0.15, -0.1) is 0 Å². The lowest BCUT2D eigenvalue weighted by atomic mass is 10.1. The first-order chi connectivity index (χ1) is 6.06. The van der Waals surface area contributed by atoms with Gasteiger partial charge in [0.05, 0.1) is 5.56 Å². The SMILES string of the molecule is Cc1cc(C#N)c(N)nc1C(F)F. The van der Waals surface area contributed by atoms with Gasteiger partial charge >= 0.3 is 0 Å². The van der Waals surface area contributed by atoms with E-state index < -0.39 is 6.43 Å². The third-order valence-corrected chi connectivity index (χ3v) is 1.61. The number of halogens is 2. The highest BCUT2D eigenvalue weighted by Crippen LogP contribution is 2.23. The van der Waals surface area contributed by atoms with Gasteiger partial charge in [-0.1, -0.05) is 0 Å². The van der Waals surface area contributed by atoms with Gasteiger partial charge in [0.25, 0.3) is 6.43 Å². The van der Waals surface area contributed by atoms with Crippen LogP contribution in [0.25, 0.3) is 0 Å². The third kappa shape index (κ3) is 1.72. The van der Waals surface area contributed by atoms with Crippen molar-refractivity contribution in [3.63, 3.8) is 0 Å². The second-order valence-corrected chi connectivity index (χ2v) is 2.54. The summed E-state index contributed by atoms with van der Waals surface area (Å²) in [6.45, 7) is 1.47. The minimum atomic E-state index is -2.66. The fraction of sp³-hybridized carbons (Fsp3) is 0.250. The molecule has 1 aromatic heterocycles. The molecule has 0 saturated carbocycles. The zero-order chi connectivity index (χ0) is 10.0. The van der Waals surface area contributed by atoms with E-state index in [1.54, 1.807) is 6.07 Å². The van der Waals surface area contributed by atoms with Crippen LogP contribution < -0.4 is 5.73 Å². The third-order valence-electron chi connectivity index (χ3n) is 1.61. The molecule has 13 heavy (non-hydrogen) atoms. The maximum atomic E-state index is 12.2. The van der Waals surface area contributed by atoms with E-state index in [1.165, 1.54) is 13.0 Å². The van der Waals surface area contributed by atoms with E-state index in [-0.39, 0.29) is 22.6 Å². The molecule has 68 valence electrons. The van der Waals surface area contributed by atoms with Gasteiger partial charge in [0.15, 0.2) is 0 Å². The molecule has 0 spiro atoms. The van der Waals surface area contributed by atoms with Crippen molar-refractivity contribution >= 4 is 5.82 Å². The van der Waals surface area contributed by atoms with Gasteiger partial charge in [0.1, 0.15) is 17.6 Å². The molecule has 0 unspecified atom stereocenters. The summed E-state index contributed by atoms with van der Waals surface area (Å²) in [5.41, 5.74) is 5.31. The molecule has 0 aliphatic rings. The Hall–Kier alpha value is -1.70. The van der Waals surface area contributed by atoms with Crippen LogP contribution in [0.4, 0.5) is 14.6 Å². The molecule has 3 nitrogen and oxygen atoms in total. The van der Waals surface area contributed by atoms with Gasteiger partial charge in [0, 0.05) is 0 Å². The number of nitrogen functional groups attached to an aromatic ring is 1. The summed E-state index contributed by atoms with van der Waals surface area (Å²) in [7, 11) is 0. The molecule has 5 heteroatoms. The molecule has 0 amide bonds. The molecule has 1 heterocycles. The molecule has 0 aromatic carbocycles. The summed E-state index contributed by atoms with van der Waals surface area (Å²) in [6, 6.07) is 3.08. The lowest BCUT2D eigenvalue weighted by Crippen LogP contribution is -2.02. The van der Waals surface area contributed by atoms with Gasteiger partial charge in [0.2, 0.25) is 0 Å². The van der Waals surface area contributed by atoms with Crippen molar-refractivity contribution in [3.8, 4) is 6.07 Å². The van der Waals surface area contributed by atoms with E-state index in [2.05, 4.69) is 4.98 Å². The van der Waals surface area contributed by atoms with Crippen LogP contribution in [-0.2, 0) is 0 Å². The predicted molar refractivity (Wildman–Crippen MR) is 43.1 cm³/mol. The Labute approximate surface area is 73.8 Å². The second kappa shape index (κ2) is 3.35. The molecular weight excluding hydrogens is 176 g/mol. The molecule has 0 saturated heterocycles. The van der Waals surface area contributed by atoms with E-state index >= 15 is 0 Å². The molecule has 0 radical (unpaired) electrons. The lowest BCUT2D eigenvalue weighted by molar-refractivity contribution is 0.145. The molecule has 1 rings (SSSR count). The van der Waals surface area contributed by atoms with Gasteiger partial charge in [-0.05, 0) is 18.6 Å². The van der Waals surface area contributed by atoms with Crippen LogP contribution in [-0.4, -0.2) is 4.98 Å². The van der Waals surface area contributed by atoms with Crippen molar-refractivity contribution in [3.05, 3.63) is 22.9 Å². The molecule has 0 bridgehead atoms. The van der Waals surface area contributed by atoms with Gasteiger partial charge in [-0.25, -0.2) is 13.8 Å². The summed E-state index contributed by atoms with van der Waals surface area (Å²) in [5, 5.41) is 8.51. The summed E-state index contributed by atoms with van der Waals surface area (Å²) < 4.78 is 24.5. The number of nitrogens with zero attached hydrogens (tertiary/aromatic N) is 2. The Balaban J connectivity index is 3.31. The van der Waals surface area contributed by atoms with E-state index in [1.807, 2.05) is 0 Å². The number of aromatic nitrogens is 1. The normalized spacial score (nSPS) is 10.1. The molecule has 0 fully saturated rings. The lowest BCUT2D eigenvalue weighted by Gasteiger charge is -2.05. The summed E-state index contributed by atoms with van der Waals surface area (Å²) in [6.07, 6.45) is -2.66. The maximum absolute atomic E-state index is 12.2. The number of anilines is 1. The van der Waals surface area contributed by atoms with Crippen LogP contribution in [0.1, 0.15) is 23.2 Å². The Morgan fingerprint density at radius 2 is 2.23 bits per heavy atom. The number of hydrogen-bond donors (Lipinski definition) is 1. The minimum Gasteiger partial charge on any atom is -0.383 e. The molecule has 0 atom stereocenters. The van der Waals surface area contributed by atoms with Crippen molar-refractivity contribution in [1.29, 1.82) is 5.26 Å². The van der Waals surface area contributed by atoms with Crippen LogP contribution in [0, 0.1) is 18.3 Å². The smallest absolute Gasteiger partial charge is 0.280 e. The molecule has 1 aromatic rings. The Morgan fingerprint density at radius 3 is 2.69 bits per heavy atom. The average molecular weight is 183 g/mol. The first kappa shape index (κ1) is 9.39. The zero-order valence-electron chi connectivity index (χ0n) is 6.88. The highest BCUT2D eigenvalue weighted by atomic mass is 19.3. The molecule has 0 aliphatic carbocycles.